The van der Waals surface area contributed by atoms with Crippen molar-refractivity contribution in [2.24, 2.45) is 0 Å². The number of pyridine rings is 1. The third kappa shape index (κ3) is 6.07. The molecule has 0 saturated heterocycles. The number of carbonyl (C=O) groups is 2. The summed E-state index contributed by atoms with van der Waals surface area (Å²) in [4.78, 5) is 30.1. The second kappa shape index (κ2) is 8.63. The van der Waals surface area contributed by atoms with Gasteiger partial charge in [-0.1, -0.05) is 6.07 Å². The smallest absolute Gasteiger partial charge is 0.351 e. The molecule has 2 aromatic rings. The topological polar surface area (TPSA) is 74.3 Å². The van der Waals surface area contributed by atoms with E-state index < -0.39 is 17.6 Å². The Kier molecular flexibility index (Phi) is 6.51. The van der Waals surface area contributed by atoms with Crippen LogP contribution >= 0.6 is 0 Å². The van der Waals surface area contributed by atoms with E-state index in [2.05, 4.69) is 15.6 Å². The highest BCUT2D eigenvalue weighted by Crippen LogP contribution is 2.30. The quantitative estimate of drug-likeness (QED) is 0.808. The van der Waals surface area contributed by atoms with Crippen molar-refractivity contribution in [3.8, 4) is 0 Å². The molecule has 0 bridgehead atoms. The molecule has 0 atom stereocenters. The van der Waals surface area contributed by atoms with Crippen LogP contribution in [-0.2, 0) is 6.18 Å². The van der Waals surface area contributed by atoms with E-state index in [1.165, 1.54) is 30.5 Å². The fraction of sp³-hybridized carbons (Fsp3) is 0.278. The van der Waals surface area contributed by atoms with Crippen LogP contribution in [-0.4, -0.2) is 48.9 Å². The van der Waals surface area contributed by atoms with E-state index in [4.69, 9.17) is 0 Å². The Hall–Kier alpha value is -2.94. The molecule has 0 unspecified atom stereocenters. The van der Waals surface area contributed by atoms with E-state index in [1.807, 2.05) is 19.0 Å². The molecule has 1 heterocycles. The number of anilines is 1. The summed E-state index contributed by atoms with van der Waals surface area (Å²) in [5, 5.41) is 5.06. The summed E-state index contributed by atoms with van der Waals surface area (Å²) in [5.41, 5.74) is -0.731. The number of nitrogens with one attached hydrogen (secondary N) is 2. The summed E-state index contributed by atoms with van der Waals surface area (Å²) < 4.78 is 38.2. The van der Waals surface area contributed by atoms with Crippen LogP contribution in [0.4, 0.5) is 18.9 Å². The highest BCUT2D eigenvalue weighted by atomic mass is 19.4. The minimum Gasteiger partial charge on any atom is -0.351 e. The average molecular weight is 380 g/mol. The van der Waals surface area contributed by atoms with Gasteiger partial charge in [-0.05, 0) is 44.4 Å². The van der Waals surface area contributed by atoms with E-state index >= 15 is 0 Å². The van der Waals surface area contributed by atoms with Crippen molar-refractivity contribution in [3.05, 3.63) is 59.4 Å². The Morgan fingerprint density at radius 3 is 2.52 bits per heavy atom. The first-order valence-corrected chi connectivity index (χ1v) is 8.04. The zero-order valence-electron chi connectivity index (χ0n) is 14.8. The second-order valence-electron chi connectivity index (χ2n) is 6.02. The molecule has 2 rings (SSSR count). The van der Waals surface area contributed by atoms with Gasteiger partial charge in [0, 0.05) is 30.5 Å². The molecule has 0 radical (unpaired) electrons. The lowest BCUT2D eigenvalue weighted by atomic mass is 10.1. The Labute approximate surface area is 154 Å². The maximum absolute atomic E-state index is 12.7. The van der Waals surface area contributed by atoms with Gasteiger partial charge in [-0.2, -0.15) is 13.2 Å². The summed E-state index contributed by atoms with van der Waals surface area (Å²) in [6.45, 7) is 1.08. The van der Waals surface area contributed by atoms with Crippen LogP contribution in [0.2, 0.25) is 0 Å². The number of benzene rings is 1. The Balaban J connectivity index is 2.08. The Morgan fingerprint density at radius 1 is 1.11 bits per heavy atom. The summed E-state index contributed by atoms with van der Waals surface area (Å²) in [6, 6.07) is 7.01. The Morgan fingerprint density at radius 2 is 1.85 bits per heavy atom. The lowest BCUT2D eigenvalue weighted by Gasteiger charge is -2.11. The lowest BCUT2D eigenvalue weighted by molar-refractivity contribution is -0.137. The summed E-state index contributed by atoms with van der Waals surface area (Å²) in [7, 11) is 3.74. The zero-order valence-corrected chi connectivity index (χ0v) is 14.8. The van der Waals surface area contributed by atoms with Crippen molar-refractivity contribution in [3.63, 3.8) is 0 Å². The highest BCUT2D eigenvalue weighted by Gasteiger charge is 2.30. The van der Waals surface area contributed by atoms with Crippen molar-refractivity contribution in [1.82, 2.24) is 15.2 Å². The van der Waals surface area contributed by atoms with Gasteiger partial charge in [0.05, 0.1) is 5.56 Å². The van der Waals surface area contributed by atoms with Crippen LogP contribution < -0.4 is 10.6 Å². The molecule has 2 N–H and O–H groups in total. The molecule has 2 amide bonds. The molecule has 1 aromatic carbocycles. The van der Waals surface area contributed by atoms with Gasteiger partial charge >= 0.3 is 6.18 Å². The fourth-order valence-corrected chi connectivity index (χ4v) is 2.16. The molecule has 6 nitrogen and oxygen atoms in total. The maximum Gasteiger partial charge on any atom is 0.416 e. The molecule has 1 aromatic heterocycles. The summed E-state index contributed by atoms with van der Waals surface area (Å²) in [5.74, 6) is -1.08. The van der Waals surface area contributed by atoms with E-state index in [1.54, 1.807) is 0 Å². The fourth-order valence-electron chi connectivity index (χ4n) is 2.16. The maximum atomic E-state index is 12.7. The lowest BCUT2D eigenvalue weighted by Crippen LogP contribution is -2.31. The van der Waals surface area contributed by atoms with Crippen molar-refractivity contribution < 1.29 is 22.8 Å². The SMILES string of the molecule is CN(C)CCNC(=O)c1ccnc(C(=O)Nc2cccc(C(F)(F)F)c2)c1. The van der Waals surface area contributed by atoms with Gasteiger partial charge in [0.2, 0.25) is 0 Å². The largest absolute Gasteiger partial charge is 0.416 e. The number of hydrogen-bond donors (Lipinski definition) is 2. The molecular weight excluding hydrogens is 361 g/mol. The first kappa shape index (κ1) is 20.4. The molecule has 27 heavy (non-hydrogen) atoms. The second-order valence-corrected chi connectivity index (χ2v) is 6.02. The third-order valence-electron chi connectivity index (χ3n) is 3.55. The van der Waals surface area contributed by atoms with Gasteiger partial charge < -0.3 is 15.5 Å². The summed E-state index contributed by atoms with van der Waals surface area (Å²) in [6.07, 6.45) is -3.22. The normalized spacial score (nSPS) is 11.3. The van der Waals surface area contributed by atoms with Crippen LogP contribution in [0.25, 0.3) is 0 Å². The molecular formula is C18H19F3N4O2. The number of amides is 2. The predicted octanol–water partition coefficient (Wildman–Crippen LogP) is 2.64. The molecule has 9 heteroatoms. The predicted molar refractivity (Wildman–Crippen MR) is 94.5 cm³/mol. The molecule has 0 aliphatic heterocycles. The monoisotopic (exact) mass is 380 g/mol. The molecule has 144 valence electrons. The highest BCUT2D eigenvalue weighted by molar-refractivity contribution is 6.04. The first-order chi connectivity index (χ1) is 12.7. The van der Waals surface area contributed by atoms with Gasteiger partial charge in [-0.15, -0.1) is 0 Å². The molecule has 0 fully saturated rings. The minimum atomic E-state index is -4.51. The number of likely N-dealkylation sites (N-methyl/N-ethyl adjacent to an activating group) is 1. The van der Waals surface area contributed by atoms with Crippen molar-refractivity contribution in [2.45, 2.75) is 6.18 Å². The number of aromatic nitrogens is 1. The van der Waals surface area contributed by atoms with E-state index in [9.17, 15) is 22.8 Å². The number of rotatable bonds is 6. The van der Waals surface area contributed by atoms with Crippen molar-refractivity contribution >= 4 is 17.5 Å². The number of halogens is 3. The zero-order chi connectivity index (χ0) is 20.0. The third-order valence-corrected chi connectivity index (χ3v) is 3.55. The average Bonchev–Trinajstić information content (AvgIpc) is 2.61. The number of alkyl halides is 3. The van der Waals surface area contributed by atoms with Gasteiger partial charge in [-0.3, -0.25) is 14.6 Å². The Bertz CT molecular complexity index is 822. The van der Waals surface area contributed by atoms with Crippen LogP contribution in [0.1, 0.15) is 26.4 Å². The van der Waals surface area contributed by atoms with E-state index in [0.29, 0.717) is 13.1 Å². The number of carbonyl (C=O) groups excluding carboxylic acids is 2. The van der Waals surface area contributed by atoms with Gasteiger partial charge in [-0.25, -0.2) is 0 Å². The summed E-state index contributed by atoms with van der Waals surface area (Å²) >= 11 is 0. The van der Waals surface area contributed by atoms with Gasteiger partial charge in [0.1, 0.15) is 5.69 Å². The van der Waals surface area contributed by atoms with Crippen molar-refractivity contribution in [2.75, 3.05) is 32.5 Å². The first-order valence-electron chi connectivity index (χ1n) is 8.04. The van der Waals surface area contributed by atoms with E-state index in [-0.39, 0.29) is 22.9 Å². The van der Waals surface area contributed by atoms with Crippen molar-refractivity contribution in [1.29, 1.82) is 0 Å². The molecule has 0 aliphatic carbocycles. The number of nitrogens with zero attached hydrogens (tertiary/aromatic N) is 2. The molecule has 0 saturated carbocycles. The number of hydrogen-bond acceptors (Lipinski definition) is 4. The minimum absolute atomic E-state index is 0.0162. The molecule has 0 spiro atoms. The van der Waals surface area contributed by atoms with Gasteiger partial charge in [0.15, 0.2) is 0 Å². The van der Waals surface area contributed by atoms with Crippen LogP contribution in [0.5, 0.6) is 0 Å². The van der Waals surface area contributed by atoms with Crippen LogP contribution in [0.15, 0.2) is 42.6 Å². The van der Waals surface area contributed by atoms with Gasteiger partial charge in [0.25, 0.3) is 11.8 Å². The standard InChI is InChI=1S/C18H19F3N4O2/c1-25(2)9-8-23-16(26)12-6-7-22-15(10-12)17(27)24-14-5-3-4-13(11-14)18(19,20)21/h3-7,10-11H,8-9H2,1-2H3,(H,23,26)(H,24,27). The van der Waals surface area contributed by atoms with E-state index in [0.717, 1.165) is 12.1 Å². The molecule has 0 aliphatic rings. The van der Waals surface area contributed by atoms with Crippen LogP contribution in [0.3, 0.4) is 0 Å². The van der Waals surface area contributed by atoms with Crippen LogP contribution in [0, 0.1) is 0 Å².